The highest BCUT2D eigenvalue weighted by Crippen LogP contribution is 2.22. The molecule has 2 aromatic rings. The Morgan fingerprint density at radius 1 is 1.33 bits per heavy atom. The molecule has 0 spiro atoms. The summed E-state index contributed by atoms with van der Waals surface area (Å²) in [5.74, 6) is 0.248. The Hall–Kier alpha value is -2.08. The van der Waals surface area contributed by atoms with Crippen LogP contribution in [0.3, 0.4) is 0 Å². The van der Waals surface area contributed by atoms with Gasteiger partial charge in [0.25, 0.3) is 0 Å². The Morgan fingerprint density at radius 3 is 2.59 bits per heavy atom. The van der Waals surface area contributed by atoms with Crippen LogP contribution in [0.1, 0.15) is 54.0 Å². The van der Waals surface area contributed by atoms with Gasteiger partial charge >= 0.3 is 0 Å². The molecular formula is C21H31BrFN3O. The molecule has 0 unspecified atom stereocenters. The zero-order valence-corrected chi connectivity index (χ0v) is 17.6. The number of aromatic nitrogens is 2. The number of allylic oxidation sites excluding steroid dienone is 1. The summed E-state index contributed by atoms with van der Waals surface area (Å²) in [6.07, 6.45) is 9.15. The van der Waals surface area contributed by atoms with Gasteiger partial charge in [0.15, 0.2) is 5.75 Å². The summed E-state index contributed by atoms with van der Waals surface area (Å²) in [6.45, 7) is 10.4. The molecule has 0 atom stereocenters. The van der Waals surface area contributed by atoms with Gasteiger partial charge in [-0.05, 0) is 54.4 Å². The number of hydrogen-bond acceptors (Lipinski definition) is 4. The summed E-state index contributed by atoms with van der Waals surface area (Å²) in [7, 11) is 0. The lowest BCUT2D eigenvalue weighted by Crippen LogP contribution is -1.97. The van der Waals surface area contributed by atoms with Crippen molar-refractivity contribution in [1.82, 2.24) is 9.97 Å². The van der Waals surface area contributed by atoms with Crippen molar-refractivity contribution in [2.75, 3.05) is 0 Å². The van der Waals surface area contributed by atoms with Gasteiger partial charge in [0.05, 0.1) is 6.20 Å². The van der Waals surface area contributed by atoms with E-state index in [0.717, 1.165) is 12.6 Å². The van der Waals surface area contributed by atoms with Crippen LogP contribution >= 0.6 is 15.9 Å². The van der Waals surface area contributed by atoms with Crippen LogP contribution in [0.4, 0.5) is 4.39 Å². The van der Waals surface area contributed by atoms with Gasteiger partial charge in [0.1, 0.15) is 17.0 Å². The normalized spacial score (nSPS) is 10.1. The van der Waals surface area contributed by atoms with Crippen molar-refractivity contribution in [1.29, 1.82) is 0 Å². The Labute approximate surface area is 171 Å². The lowest BCUT2D eigenvalue weighted by atomic mass is 10.3. The standard InChI is InChI=1S/C11H8BrFN2O.C7H13N.C2H6.CH4/c12-11-10(2-1-3-15-11)16-7-8-4-9(13)6-14-5-8;1-4-7(3)6-8-5-2;1-2;/h1-6H,7H2;5-6H,4H2,1-3H3;1-2H3;1H4/b;7-6+,8-5?;;. The van der Waals surface area contributed by atoms with Crippen LogP contribution in [0.25, 0.3) is 0 Å². The molecule has 0 fully saturated rings. The predicted molar refractivity (Wildman–Crippen MR) is 117 cm³/mol. The van der Waals surface area contributed by atoms with E-state index < -0.39 is 0 Å². The minimum atomic E-state index is -0.369. The first kappa shape index (κ1) is 27.1. The minimum absolute atomic E-state index is 0. The molecule has 0 radical (unpaired) electrons. The highest BCUT2D eigenvalue weighted by molar-refractivity contribution is 9.10. The van der Waals surface area contributed by atoms with E-state index in [1.54, 1.807) is 30.7 Å². The number of ether oxygens (including phenoxy) is 1. The third-order valence-corrected chi connectivity index (χ3v) is 3.48. The zero-order valence-electron chi connectivity index (χ0n) is 16.0. The van der Waals surface area contributed by atoms with Crippen LogP contribution in [-0.2, 0) is 6.61 Å². The fourth-order valence-corrected chi connectivity index (χ4v) is 1.83. The van der Waals surface area contributed by atoms with Gasteiger partial charge in [0, 0.05) is 30.4 Å². The summed E-state index contributed by atoms with van der Waals surface area (Å²) in [6, 6.07) is 4.94. The van der Waals surface area contributed by atoms with Crippen molar-refractivity contribution in [3.63, 3.8) is 0 Å². The molecule has 0 saturated carbocycles. The fourth-order valence-electron chi connectivity index (χ4n) is 1.47. The number of halogens is 2. The average molecular weight is 440 g/mol. The number of nitrogens with zero attached hydrogens (tertiary/aromatic N) is 3. The lowest BCUT2D eigenvalue weighted by molar-refractivity contribution is 0.301. The topological polar surface area (TPSA) is 47.4 Å². The molecule has 150 valence electrons. The molecule has 2 rings (SSSR count). The highest BCUT2D eigenvalue weighted by atomic mass is 79.9. The summed E-state index contributed by atoms with van der Waals surface area (Å²) < 4.78 is 18.9. The molecule has 0 aliphatic heterocycles. The molecule has 0 aliphatic rings. The molecule has 2 heterocycles. The van der Waals surface area contributed by atoms with Crippen LogP contribution in [0, 0.1) is 5.82 Å². The molecule has 0 saturated heterocycles. The maximum atomic E-state index is 12.8. The van der Waals surface area contributed by atoms with E-state index in [1.165, 1.54) is 11.6 Å². The second kappa shape index (κ2) is 17.3. The van der Waals surface area contributed by atoms with E-state index >= 15 is 0 Å². The Balaban J connectivity index is 0. The smallest absolute Gasteiger partial charge is 0.152 e. The van der Waals surface area contributed by atoms with Crippen molar-refractivity contribution < 1.29 is 9.13 Å². The Kier molecular flexibility index (Phi) is 17.4. The van der Waals surface area contributed by atoms with E-state index in [-0.39, 0.29) is 19.9 Å². The SMILES string of the molecule is C.CC.CC=N/C=C(\C)CC.Fc1cncc(COc2cccnc2Br)c1. The highest BCUT2D eigenvalue weighted by Gasteiger charge is 2.02. The van der Waals surface area contributed by atoms with Gasteiger partial charge in [0.2, 0.25) is 0 Å². The van der Waals surface area contributed by atoms with E-state index in [4.69, 9.17) is 4.74 Å². The van der Waals surface area contributed by atoms with E-state index in [9.17, 15) is 4.39 Å². The quantitative estimate of drug-likeness (QED) is 0.371. The van der Waals surface area contributed by atoms with E-state index in [2.05, 4.69) is 44.7 Å². The average Bonchev–Trinajstić information content (AvgIpc) is 2.67. The van der Waals surface area contributed by atoms with Crippen LogP contribution < -0.4 is 4.74 Å². The zero-order chi connectivity index (χ0) is 19.8. The molecule has 0 bridgehead atoms. The number of aliphatic imine (C=N–C) groups is 1. The van der Waals surface area contributed by atoms with Crippen LogP contribution in [0.15, 0.2) is 58.2 Å². The first-order valence-electron chi connectivity index (χ1n) is 8.53. The molecule has 0 amide bonds. The summed E-state index contributed by atoms with van der Waals surface area (Å²) in [5.41, 5.74) is 2.00. The van der Waals surface area contributed by atoms with Crippen molar-refractivity contribution in [3.05, 3.63) is 64.5 Å². The lowest BCUT2D eigenvalue weighted by Gasteiger charge is -2.06. The second-order valence-electron chi connectivity index (χ2n) is 4.83. The van der Waals surface area contributed by atoms with Crippen LogP contribution in [0.2, 0.25) is 0 Å². The molecular weight excluding hydrogens is 409 g/mol. The van der Waals surface area contributed by atoms with Crippen molar-refractivity contribution in [2.45, 2.75) is 55.1 Å². The maximum Gasteiger partial charge on any atom is 0.152 e. The van der Waals surface area contributed by atoms with Crippen LogP contribution in [0.5, 0.6) is 5.75 Å². The van der Waals surface area contributed by atoms with Gasteiger partial charge in [-0.1, -0.05) is 33.8 Å². The molecule has 2 aromatic heterocycles. The van der Waals surface area contributed by atoms with Gasteiger partial charge in [-0.25, -0.2) is 9.37 Å². The second-order valence-corrected chi connectivity index (χ2v) is 5.58. The monoisotopic (exact) mass is 439 g/mol. The number of rotatable bonds is 5. The van der Waals surface area contributed by atoms with Crippen molar-refractivity contribution in [2.24, 2.45) is 4.99 Å². The minimum Gasteiger partial charge on any atom is -0.486 e. The number of pyridine rings is 2. The predicted octanol–water partition coefficient (Wildman–Crippen LogP) is 7.01. The molecule has 4 nitrogen and oxygen atoms in total. The third kappa shape index (κ3) is 12.8. The summed E-state index contributed by atoms with van der Waals surface area (Å²) in [4.78, 5) is 11.7. The molecule has 0 aliphatic carbocycles. The van der Waals surface area contributed by atoms with E-state index in [1.807, 2.05) is 27.0 Å². The first-order chi connectivity index (χ1) is 12.6. The molecule has 0 N–H and O–H groups in total. The van der Waals surface area contributed by atoms with Gasteiger partial charge < -0.3 is 4.74 Å². The maximum absolute atomic E-state index is 12.8. The van der Waals surface area contributed by atoms with E-state index in [0.29, 0.717) is 15.9 Å². The van der Waals surface area contributed by atoms with Crippen molar-refractivity contribution in [3.8, 4) is 5.75 Å². The van der Waals surface area contributed by atoms with Crippen LogP contribution in [-0.4, -0.2) is 16.2 Å². The van der Waals surface area contributed by atoms with Gasteiger partial charge in [-0.3, -0.25) is 9.98 Å². The Morgan fingerprint density at radius 2 is 2.04 bits per heavy atom. The van der Waals surface area contributed by atoms with Gasteiger partial charge in [-0.15, -0.1) is 0 Å². The fraction of sp³-hybridized carbons (Fsp3) is 0.381. The molecule has 6 heteroatoms. The summed E-state index contributed by atoms with van der Waals surface area (Å²) >= 11 is 3.26. The third-order valence-electron chi connectivity index (χ3n) is 2.88. The Bertz CT molecular complexity index is 691. The summed E-state index contributed by atoms with van der Waals surface area (Å²) in [5, 5.41) is 0. The van der Waals surface area contributed by atoms with Crippen molar-refractivity contribution >= 4 is 22.1 Å². The molecule has 0 aromatic carbocycles. The van der Waals surface area contributed by atoms with Gasteiger partial charge in [-0.2, -0.15) is 0 Å². The number of hydrogen-bond donors (Lipinski definition) is 0. The first-order valence-corrected chi connectivity index (χ1v) is 9.32. The molecule has 27 heavy (non-hydrogen) atoms. The largest absolute Gasteiger partial charge is 0.486 e.